The first-order chi connectivity index (χ1) is 14.2. The SMILES string of the molecule is COc1cc(OC)c2c(c(OC)nc3c4cc5c(cc4ccc32)OCO5)c1OC. The molecule has 3 aromatic carbocycles. The average Bonchev–Trinajstić information content (AvgIpc) is 3.22. The van der Waals surface area contributed by atoms with Gasteiger partial charge in [-0.3, -0.25) is 0 Å². The van der Waals surface area contributed by atoms with E-state index in [1.54, 1.807) is 28.4 Å². The summed E-state index contributed by atoms with van der Waals surface area (Å²) < 4.78 is 33.6. The highest BCUT2D eigenvalue weighted by molar-refractivity contribution is 6.20. The highest BCUT2D eigenvalue weighted by Gasteiger charge is 2.23. The summed E-state index contributed by atoms with van der Waals surface area (Å²) in [4.78, 5) is 4.83. The lowest BCUT2D eigenvalue weighted by Gasteiger charge is -2.18. The number of rotatable bonds is 4. The van der Waals surface area contributed by atoms with Gasteiger partial charge in [-0.15, -0.1) is 0 Å². The van der Waals surface area contributed by atoms with Crippen molar-refractivity contribution in [1.29, 1.82) is 0 Å². The maximum Gasteiger partial charge on any atom is 0.231 e. The highest BCUT2D eigenvalue weighted by Crippen LogP contribution is 2.49. The normalized spacial score (nSPS) is 12.6. The summed E-state index contributed by atoms with van der Waals surface area (Å²) in [5, 5.41) is 4.37. The molecule has 0 unspecified atom stereocenters. The summed E-state index contributed by atoms with van der Waals surface area (Å²) in [6.45, 7) is 0.216. The molecule has 29 heavy (non-hydrogen) atoms. The second kappa shape index (κ2) is 6.48. The Morgan fingerprint density at radius 3 is 2.21 bits per heavy atom. The molecule has 0 spiro atoms. The van der Waals surface area contributed by atoms with Crippen LogP contribution >= 0.6 is 0 Å². The lowest BCUT2D eigenvalue weighted by molar-refractivity contribution is 0.174. The van der Waals surface area contributed by atoms with Gasteiger partial charge in [0.1, 0.15) is 5.75 Å². The molecule has 7 heteroatoms. The van der Waals surface area contributed by atoms with Crippen LogP contribution < -0.4 is 28.4 Å². The lowest BCUT2D eigenvalue weighted by atomic mass is 9.99. The molecule has 4 aromatic rings. The summed E-state index contributed by atoms with van der Waals surface area (Å²) in [5.74, 6) is 3.58. The van der Waals surface area contributed by atoms with E-state index in [4.69, 9.17) is 33.4 Å². The monoisotopic (exact) mass is 393 g/mol. The van der Waals surface area contributed by atoms with Crippen molar-refractivity contribution < 1.29 is 28.4 Å². The highest BCUT2D eigenvalue weighted by atomic mass is 16.7. The van der Waals surface area contributed by atoms with Gasteiger partial charge in [0.25, 0.3) is 0 Å². The third kappa shape index (κ3) is 2.40. The second-order valence-corrected chi connectivity index (χ2v) is 6.57. The molecule has 0 radical (unpaired) electrons. The van der Waals surface area contributed by atoms with Crippen LogP contribution in [0.4, 0.5) is 0 Å². The number of pyridine rings is 1. The zero-order chi connectivity index (χ0) is 20.1. The Labute approximate surface area is 166 Å². The van der Waals surface area contributed by atoms with Crippen molar-refractivity contribution in [2.45, 2.75) is 0 Å². The van der Waals surface area contributed by atoms with Gasteiger partial charge in [-0.25, -0.2) is 4.98 Å². The van der Waals surface area contributed by atoms with Gasteiger partial charge in [0.2, 0.25) is 12.7 Å². The Kier molecular flexibility index (Phi) is 3.91. The number of benzene rings is 3. The standard InChI is InChI=1S/C22H19NO6/c1-24-16-9-17(25-2)21(26-3)19-18(16)12-6-5-11-7-14-15(29-10-28-14)8-13(11)20(12)23-22(19)27-4/h5-9H,10H2,1-4H3. The van der Waals surface area contributed by atoms with Crippen molar-refractivity contribution >= 4 is 32.4 Å². The molecule has 0 bridgehead atoms. The first-order valence-corrected chi connectivity index (χ1v) is 9.03. The van der Waals surface area contributed by atoms with Gasteiger partial charge in [0, 0.05) is 22.2 Å². The molecule has 1 aliphatic heterocycles. The molecule has 148 valence electrons. The first kappa shape index (κ1) is 17.5. The molecule has 0 saturated heterocycles. The fourth-order valence-corrected chi connectivity index (χ4v) is 3.93. The quantitative estimate of drug-likeness (QED) is 0.479. The molecule has 0 fully saturated rings. The largest absolute Gasteiger partial charge is 0.496 e. The van der Waals surface area contributed by atoms with E-state index in [2.05, 4.69) is 0 Å². The van der Waals surface area contributed by atoms with Gasteiger partial charge in [-0.2, -0.15) is 0 Å². The van der Waals surface area contributed by atoms with Crippen LogP contribution in [0.3, 0.4) is 0 Å². The minimum Gasteiger partial charge on any atom is -0.496 e. The molecule has 0 atom stereocenters. The number of methoxy groups -OCH3 is 4. The van der Waals surface area contributed by atoms with E-state index in [1.165, 1.54) is 0 Å². The fraction of sp³-hybridized carbons (Fsp3) is 0.227. The zero-order valence-electron chi connectivity index (χ0n) is 16.5. The number of nitrogens with zero attached hydrogens (tertiary/aromatic N) is 1. The van der Waals surface area contributed by atoms with Crippen molar-refractivity contribution in [2.24, 2.45) is 0 Å². The van der Waals surface area contributed by atoms with Crippen molar-refractivity contribution in [1.82, 2.24) is 4.98 Å². The Morgan fingerprint density at radius 2 is 1.52 bits per heavy atom. The third-order valence-corrected chi connectivity index (χ3v) is 5.23. The van der Waals surface area contributed by atoms with Gasteiger partial charge in [-0.05, 0) is 17.5 Å². The zero-order valence-corrected chi connectivity index (χ0v) is 16.5. The predicted molar refractivity (Wildman–Crippen MR) is 109 cm³/mol. The smallest absolute Gasteiger partial charge is 0.231 e. The van der Waals surface area contributed by atoms with Gasteiger partial charge < -0.3 is 28.4 Å². The molecule has 0 amide bonds. The Hall–Kier alpha value is -3.61. The Balaban J connectivity index is 2.00. The number of hydrogen-bond donors (Lipinski definition) is 0. The number of ether oxygens (including phenoxy) is 6. The first-order valence-electron chi connectivity index (χ1n) is 9.03. The summed E-state index contributed by atoms with van der Waals surface area (Å²) in [6.07, 6.45) is 0. The average molecular weight is 393 g/mol. The lowest BCUT2D eigenvalue weighted by Crippen LogP contribution is -1.99. The Morgan fingerprint density at radius 1 is 0.759 bits per heavy atom. The van der Waals surface area contributed by atoms with Crippen molar-refractivity contribution in [3.8, 4) is 34.6 Å². The minimum atomic E-state index is 0.216. The number of fused-ring (bicyclic) bond motifs is 6. The van der Waals surface area contributed by atoms with E-state index in [1.807, 2.05) is 30.3 Å². The molecule has 1 aromatic heterocycles. The Bertz CT molecular complexity index is 1280. The van der Waals surface area contributed by atoms with Gasteiger partial charge in [0.15, 0.2) is 23.0 Å². The number of aromatic nitrogens is 1. The van der Waals surface area contributed by atoms with Crippen LogP contribution in [0.15, 0.2) is 30.3 Å². The van der Waals surface area contributed by atoms with Gasteiger partial charge >= 0.3 is 0 Å². The van der Waals surface area contributed by atoms with Crippen molar-refractivity contribution in [3.63, 3.8) is 0 Å². The molecule has 0 aliphatic carbocycles. The van der Waals surface area contributed by atoms with E-state index >= 15 is 0 Å². The van der Waals surface area contributed by atoms with E-state index in [-0.39, 0.29) is 6.79 Å². The topological polar surface area (TPSA) is 68.3 Å². The summed E-state index contributed by atoms with van der Waals surface area (Å²) in [5.41, 5.74) is 0.774. The molecule has 1 aliphatic rings. The van der Waals surface area contributed by atoms with E-state index in [0.717, 1.165) is 32.8 Å². The second-order valence-electron chi connectivity index (χ2n) is 6.57. The number of hydrogen-bond acceptors (Lipinski definition) is 7. The molecular formula is C22H19NO6. The van der Waals surface area contributed by atoms with Crippen LogP contribution in [0, 0.1) is 0 Å². The third-order valence-electron chi connectivity index (χ3n) is 5.23. The van der Waals surface area contributed by atoms with Crippen LogP contribution in [0.2, 0.25) is 0 Å². The molecule has 7 nitrogen and oxygen atoms in total. The minimum absolute atomic E-state index is 0.216. The van der Waals surface area contributed by atoms with Crippen LogP contribution in [-0.4, -0.2) is 40.2 Å². The van der Waals surface area contributed by atoms with Gasteiger partial charge in [0.05, 0.1) is 39.3 Å². The molecule has 5 rings (SSSR count). The van der Waals surface area contributed by atoms with E-state index < -0.39 is 0 Å². The van der Waals surface area contributed by atoms with Crippen molar-refractivity contribution in [2.75, 3.05) is 35.2 Å². The van der Waals surface area contributed by atoms with Crippen LogP contribution in [0.25, 0.3) is 32.4 Å². The predicted octanol–water partition coefficient (Wildman–Crippen LogP) is 4.30. The summed E-state index contributed by atoms with van der Waals surface area (Å²) in [6, 6.07) is 9.77. The fourth-order valence-electron chi connectivity index (χ4n) is 3.93. The molecule has 0 N–H and O–H groups in total. The van der Waals surface area contributed by atoms with Crippen molar-refractivity contribution in [3.05, 3.63) is 30.3 Å². The van der Waals surface area contributed by atoms with E-state index in [9.17, 15) is 0 Å². The summed E-state index contributed by atoms with van der Waals surface area (Å²) in [7, 11) is 6.38. The maximum atomic E-state index is 5.70. The van der Waals surface area contributed by atoms with Crippen LogP contribution in [0.5, 0.6) is 34.6 Å². The van der Waals surface area contributed by atoms with Gasteiger partial charge in [-0.1, -0.05) is 12.1 Å². The van der Waals surface area contributed by atoms with Crippen LogP contribution in [0.1, 0.15) is 0 Å². The molecule has 2 heterocycles. The molecule has 0 saturated carbocycles. The maximum absolute atomic E-state index is 5.70. The van der Waals surface area contributed by atoms with Crippen LogP contribution in [-0.2, 0) is 0 Å². The summed E-state index contributed by atoms with van der Waals surface area (Å²) >= 11 is 0. The van der Waals surface area contributed by atoms with E-state index in [0.29, 0.717) is 34.3 Å². The molecular weight excluding hydrogens is 374 g/mol.